The van der Waals surface area contributed by atoms with Gasteiger partial charge < -0.3 is 19.6 Å². The lowest BCUT2D eigenvalue weighted by Crippen LogP contribution is -2.50. The molecule has 6 nitrogen and oxygen atoms in total. The van der Waals surface area contributed by atoms with Gasteiger partial charge in [0, 0.05) is 46.4 Å². The first-order valence-corrected chi connectivity index (χ1v) is 15.6. The van der Waals surface area contributed by atoms with E-state index < -0.39 is 0 Å². The Morgan fingerprint density at radius 3 is 2.53 bits per heavy atom. The van der Waals surface area contributed by atoms with Gasteiger partial charge in [-0.1, -0.05) is 32.4 Å². The van der Waals surface area contributed by atoms with Crippen molar-refractivity contribution in [2.45, 2.75) is 110 Å². The zero-order chi connectivity index (χ0) is 27.2. The van der Waals surface area contributed by atoms with Gasteiger partial charge in [-0.15, -0.1) is 0 Å². The van der Waals surface area contributed by atoms with E-state index in [0.29, 0.717) is 42.2 Å². The van der Waals surface area contributed by atoms with Gasteiger partial charge in [-0.25, -0.2) is 4.79 Å². The zero-order valence-electron chi connectivity index (χ0n) is 24.6. The number of allylic oxidation sites excluding steroid dienone is 1. The van der Waals surface area contributed by atoms with Crippen molar-refractivity contribution in [1.82, 2.24) is 9.80 Å². The van der Waals surface area contributed by atoms with Crippen molar-refractivity contribution in [3.05, 3.63) is 11.6 Å². The summed E-state index contributed by atoms with van der Waals surface area (Å²) < 4.78 is 5.52. The second kappa shape index (κ2) is 10.8. The van der Waals surface area contributed by atoms with Crippen molar-refractivity contribution < 1.29 is 19.4 Å². The van der Waals surface area contributed by atoms with E-state index in [0.717, 1.165) is 56.3 Å². The lowest BCUT2D eigenvalue weighted by atomic mass is 9.47. The Bertz CT molecular complexity index is 924. The van der Waals surface area contributed by atoms with Crippen molar-refractivity contribution in [2.24, 2.45) is 40.4 Å². The SMILES string of the molecule is C[C@H](CCC(=O)N1CCC(OC(=O)N(C)C)CC1)[C@H]1CC[C@H]2[C@@H]3CC=C4C[C@@H](O)CC[C@]4(C)[C@H]3CC[C@]12C. The first-order chi connectivity index (χ1) is 18.0. The average Bonchev–Trinajstić information content (AvgIpc) is 3.25. The Hall–Kier alpha value is -1.56. The molecule has 5 rings (SSSR count). The molecule has 8 atom stereocenters. The minimum Gasteiger partial charge on any atom is -0.446 e. The molecule has 6 heteroatoms. The third-order valence-corrected chi connectivity index (χ3v) is 12.1. The van der Waals surface area contributed by atoms with E-state index in [1.807, 2.05) is 4.90 Å². The van der Waals surface area contributed by atoms with Crippen LogP contribution in [0.1, 0.15) is 97.8 Å². The van der Waals surface area contributed by atoms with Crippen molar-refractivity contribution in [2.75, 3.05) is 27.2 Å². The van der Waals surface area contributed by atoms with Crippen molar-refractivity contribution in [3.63, 3.8) is 0 Å². The second-order valence-corrected chi connectivity index (χ2v) is 14.3. The van der Waals surface area contributed by atoms with Gasteiger partial charge in [-0.05, 0) is 98.2 Å². The highest BCUT2D eigenvalue weighted by molar-refractivity contribution is 5.76. The van der Waals surface area contributed by atoms with Crippen LogP contribution in [-0.2, 0) is 9.53 Å². The van der Waals surface area contributed by atoms with Gasteiger partial charge in [0.1, 0.15) is 6.10 Å². The molecule has 0 bridgehead atoms. The maximum Gasteiger partial charge on any atom is 0.409 e. The number of likely N-dealkylation sites (tertiary alicyclic amines) is 1. The molecule has 5 aliphatic rings. The van der Waals surface area contributed by atoms with Crippen LogP contribution in [0.4, 0.5) is 4.79 Å². The van der Waals surface area contributed by atoms with E-state index in [4.69, 9.17) is 4.74 Å². The molecule has 1 saturated heterocycles. The van der Waals surface area contributed by atoms with E-state index in [9.17, 15) is 14.7 Å². The smallest absolute Gasteiger partial charge is 0.409 e. The molecule has 3 saturated carbocycles. The van der Waals surface area contributed by atoms with E-state index in [1.54, 1.807) is 19.7 Å². The van der Waals surface area contributed by atoms with Crippen LogP contribution in [0.5, 0.6) is 0 Å². The summed E-state index contributed by atoms with van der Waals surface area (Å²) in [6.45, 7) is 8.90. The molecule has 0 aromatic rings. The predicted octanol–water partition coefficient (Wildman–Crippen LogP) is 6.03. The highest BCUT2D eigenvalue weighted by Gasteiger charge is 2.59. The molecule has 0 unspecified atom stereocenters. The maximum atomic E-state index is 13.1. The standard InChI is InChI=1S/C32H52N2O4/c1-21(6-11-29(36)34-18-14-24(15-19-34)38-30(37)33(4)5)26-9-10-27-25-8-7-22-20-23(35)12-16-31(22,2)28(25)13-17-32(26,27)3/h7,21,23-28,35H,6,8-20H2,1-5H3/t21-,23+,25+,26-,27+,28+,31+,32-/m1/s1. The Balaban J connectivity index is 1.14. The second-order valence-electron chi connectivity index (χ2n) is 14.3. The molecule has 1 N–H and O–H groups in total. The van der Waals surface area contributed by atoms with E-state index in [-0.39, 0.29) is 24.2 Å². The van der Waals surface area contributed by atoms with Crippen molar-refractivity contribution >= 4 is 12.0 Å². The summed E-state index contributed by atoms with van der Waals surface area (Å²) >= 11 is 0. The van der Waals surface area contributed by atoms with E-state index in [1.165, 1.54) is 37.0 Å². The Morgan fingerprint density at radius 1 is 1.08 bits per heavy atom. The lowest BCUT2D eigenvalue weighted by molar-refractivity contribution is -0.133. The molecule has 4 fully saturated rings. The number of aliphatic hydroxyl groups excluding tert-OH is 1. The fourth-order valence-electron chi connectivity index (χ4n) is 9.80. The number of amides is 2. The minimum absolute atomic E-state index is 0.0787. The zero-order valence-corrected chi connectivity index (χ0v) is 24.6. The molecule has 1 aliphatic heterocycles. The quantitative estimate of drug-likeness (QED) is 0.442. The normalized spacial score (nSPS) is 39.9. The number of piperidine rings is 1. The fraction of sp³-hybridized carbons (Fsp3) is 0.875. The summed E-state index contributed by atoms with van der Waals surface area (Å²) in [5, 5.41) is 10.3. The maximum absolute atomic E-state index is 13.1. The van der Waals surface area contributed by atoms with Gasteiger partial charge in [0.15, 0.2) is 0 Å². The van der Waals surface area contributed by atoms with Crippen LogP contribution < -0.4 is 0 Å². The predicted molar refractivity (Wildman–Crippen MR) is 149 cm³/mol. The van der Waals surface area contributed by atoms with Gasteiger partial charge in [0.25, 0.3) is 0 Å². The minimum atomic E-state index is -0.294. The highest BCUT2D eigenvalue weighted by atomic mass is 16.6. The Morgan fingerprint density at radius 2 is 1.82 bits per heavy atom. The van der Waals surface area contributed by atoms with Gasteiger partial charge in [0.05, 0.1) is 6.10 Å². The van der Waals surface area contributed by atoms with Gasteiger partial charge in [-0.3, -0.25) is 4.79 Å². The number of aliphatic hydroxyl groups is 1. The number of hydrogen-bond donors (Lipinski definition) is 1. The summed E-state index contributed by atoms with van der Waals surface area (Å²) in [7, 11) is 3.40. The molecular formula is C32H52N2O4. The molecule has 0 spiro atoms. The number of hydrogen-bond acceptors (Lipinski definition) is 4. The molecule has 214 valence electrons. The summed E-state index contributed by atoms with van der Waals surface area (Å²) in [4.78, 5) is 28.4. The first-order valence-electron chi connectivity index (χ1n) is 15.6. The molecule has 0 aromatic carbocycles. The van der Waals surface area contributed by atoms with Gasteiger partial charge >= 0.3 is 6.09 Å². The van der Waals surface area contributed by atoms with Gasteiger partial charge in [-0.2, -0.15) is 0 Å². The third kappa shape index (κ3) is 5.04. The topological polar surface area (TPSA) is 70.1 Å². The van der Waals surface area contributed by atoms with E-state index in [2.05, 4.69) is 26.8 Å². The number of carbonyl (C=O) groups is 2. The van der Waals surface area contributed by atoms with Crippen LogP contribution in [-0.4, -0.2) is 66.3 Å². The highest BCUT2D eigenvalue weighted by Crippen LogP contribution is 2.67. The average molecular weight is 529 g/mol. The molecule has 0 radical (unpaired) electrons. The Kier molecular flexibility index (Phi) is 7.94. The lowest BCUT2D eigenvalue weighted by Gasteiger charge is -2.58. The number of fused-ring (bicyclic) bond motifs is 5. The van der Waals surface area contributed by atoms with E-state index >= 15 is 0 Å². The van der Waals surface area contributed by atoms with Crippen molar-refractivity contribution in [1.29, 1.82) is 0 Å². The van der Waals surface area contributed by atoms with Crippen molar-refractivity contribution in [3.8, 4) is 0 Å². The molecular weight excluding hydrogens is 476 g/mol. The van der Waals surface area contributed by atoms with Crippen LogP contribution >= 0.6 is 0 Å². The monoisotopic (exact) mass is 528 g/mol. The van der Waals surface area contributed by atoms with Crippen LogP contribution in [0.3, 0.4) is 0 Å². The summed E-state index contributed by atoms with van der Waals surface area (Å²) in [5.74, 6) is 3.93. The molecule has 4 aliphatic carbocycles. The summed E-state index contributed by atoms with van der Waals surface area (Å²) in [5.41, 5.74) is 2.26. The fourth-order valence-corrected chi connectivity index (χ4v) is 9.80. The van der Waals surface area contributed by atoms with Crippen LogP contribution in [0.25, 0.3) is 0 Å². The summed E-state index contributed by atoms with van der Waals surface area (Å²) in [6.07, 6.45) is 14.7. The van der Waals surface area contributed by atoms with Gasteiger partial charge in [0.2, 0.25) is 5.91 Å². The molecule has 38 heavy (non-hydrogen) atoms. The molecule has 0 aromatic heterocycles. The largest absolute Gasteiger partial charge is 0.446 e. The Labute approximate surface area is 230 Å². The van der Waals surface area contributed by atoms with Crippen LogP contribution in [0.2, 0.25) is 0 Å². The summed E-state index contributed by atoms with van der Waals surface area (Å²) in [6, 6.07) is 0. The first kappa shape index (κ1) is 28.0. The molecule has 2 amide bonds. The van der Waals surface area contributed by atoms with Crippen LogP contribution in [0, 0.1) is 40.4 Å². The van der Waals surface area contributed by atoms with Crippen LogP contribution in [0.15, 0.2) is 11.6 Å². The number of rotatable bonds is 5. The number of ether oxygens (including phenoxy) is 1. The number of carbonyl (C=O) groups excluding carboxylic acids is 2. The third-order valence-electron chi connectivity index (χ3n) is 12.1. The number of nitrogens with zero attached hydrogens (tertiary/aromatic N) is 2. The molecule has 1 heterocycles.